The Morgan fingerprint density at radius 2 is 2.22 bits per heavy atom. The summed E-state index contributed by atoms with van der Waals surface area (Å²) >= 11 is 0. The number of aromatic nitrogens is 1. The fourth-order valence-corrected chi connectivity index (χ4v) is 2.37. The maximum absolute atomic E-state index is 11.9. The van der Waals surface area contributed by atoms with Crippen LogP contribution in [0.2, 0.25) is 0 Å². The third kappa shape index (κ3) is 4.22. The number of nitrogens with two attached hydrogens (primary N) is 1. The lowest BCUT2D eigenvalue weighted by Crippen LogP contribution is -2.35. The molecule has 0 amide bonds. The minimum Gasteiger partial charge on any atom is -0.384 e. The maximum atomic E-state index is 11.9. The molecule has 3 N–H and O–H groups in total. The molecule has 1 aromatic rings. The first-order valence-corrected chi connectivity index (χ1v) is 6.71. The van der Waals surface area contributed by atoms with Crippen molar-refractivity contribution in [1.29, 1.82) is 0 Å². The van der Waals surface area contributed by atoms with Crippen LogP contribution in [-0.4, -0.2) is 46.9 Å². The molecule has 0 saturated carbocycles. The van der Waals surface area contributed by atoms with Gasteiger partial charge in [0.1, 0.15) is 5.82 Å². The topological polar surface area (TPSA) is 104 Å². The Labute approximate surface area is 106 Å². The number of methoxy groups -OCH3 is 2. The molecule has 1 atom stereocenters. The van der Waals surface area contributed by atoms with Gasteiger partial charge in [0.15, 0.2) is 0 Å². The van der Waals surface area contributed by atoms with E-state index in [-0.39, 0.29) is 23.4 Å². The van der Waals surface area contributed by atoms with Crippen molar-refractivity contribution < 1.29 is 17.9 Å². The average molecular weight is 275 g/mol. The van der Waals surface area contributed by atoms with E-state index >= 15 is 0 Å². The Hall–Kier alpha value is -1.22. The normalized spacial score (nSPS) is 13.4. The van der Waals surface area contributed by atoms with Crippen molar-refractivity contribution in [2.45, 2.75) is 11.0 Å². The number of nitrogens with one attached hydrogen (secondary N) is 1. The highest BCUT2D eigenvalue weighted by molar-refractivity contribution is 7.89. The van der Waals surface area contributed by atoms with Gasteiger partial charge in [0.25, 0.3) is 0 Å². The van der Waals surface area contributed by atoms with E-state index < -0.39 is 10.0 Å². The van der Waals surface area contributed by atoms with Gasteiger partial charge < -0.3 is 15.2 Å². The Morgan fingerprint density at radius 3 is 2.78 bits per heavy atom. The van der Waals surface area contributed by atoms with E-state index in [2.05, 4.69) is 9.71 Å². The minimum atomic E-state index is -3.61. The number of hydrogen-bond acceptors (Lipinski definition) is 6. The number of rotatable bonds is 7. The van der Waals surface area contributed by atoms with Gasteiger partial charge in [-0.1, -0.05) is 0 Å². The fraction of sp³-hybridized carbons (Fsp3) is 0.500. The molecule has 7 nitrogen and oxygen atoms in total. The molecule has 0 radical (unpaired) electrons. The number of ether oxygens (including phenoxy) is 2. The number of pyridine rings is 1. The van der Waals surface area contributed by atoms with Crippen LogP contribution in [0.15, 0.2) is 23.2 Å². The van der Waals surface area contributed by atoms with Crippen molar-refractivity contribution >= 4 is 15.8 Å². The van der Waals surface area contributed by atoms with Crippen molar-refractivity contribution in [3.63, 3.8) is 0 Å². The summed E-state index contributed by atoms with van der Waals surface area (Å²) in [5, 5.41) is 0. The number of sulfonamides is 1. The molecule has 1 aromatic heterocycles. The number of nitrogen functional groups attached to an aromatic ring is 1. The van der Waals surface area contributed by atoms with Crippen LogP contribution in [0.1, 0.15) is 0 Å². The van der Waals surface area contributed by atoms with Gasteiger partial charge in [0.05, 0.1) is 17.6 Å². The third-order valence-electron chi connectivity index (χ3n) is 2.25. The molecule has 0 aromatic carbocycles. The summed E-state index contributed by atoms with van der Waals surface area (Å²) in [7, 11) is -0.605. The standard InChI is InChI=1S/C10H17N3O4S/c1-16-7-8(17-2)6-13-18(14,15)9-3-4-12-10(11)5-9/h3-5,8,13H,6-7H2,1-2H3,(H2,11,12). The molecule has 102 valence electrons. The zero-order valence-corrected chi connectivity index (χ0v) is 11.1. The molecule has 1 unspecified atom stereocenters. The van der Waals surface area contributed by atoms with Crippen molar-refractivity contribution in [3.05, 3.63) is 18.3 Å². The monoisotopic (exact) mass is 275 g/mol. The second-order valence-corrected chi connectivity index (χ2v) is 5.35. The summed E-state index contributed by atoms with van der Waals surface area (Å²) in [6.45, 7) is 0.423. The smallest absolute Gasteiger partial charge is 0.240 e. The highest BCUT2D eigenvalue weighted by Gasteiger charge is 2.17. The Kier molecular flexibility index (Phi) is 5.48. The number of anilines is 1. The summed E-state index contributed by atoms with van der Waals surface area (Å²) in [5.41, 5.74) is 5.44. The van der Waals surface area contributed by atoms with Crippen LogP contribution in [0.3, 0.4) is 0 Å². The first-order valence-electron chi connectivity index (χ1n) is 5.22. The molecule has 8 heteroatoms. The van der Waals surface area contributed by atoms with E-state index in [4.69, 9.17) is 15.2 Å². The van der Waals surface area contributed by atoms with Gasteiger partial charge in [-0.25, -0.2) is 18.1 Å². The summed E-state index contributed by atoms with van der Waals surface area (Å²) in [6, 6.07) is 2.66. The van der Waals surface area contributed by atoms with Gasteiger partial charge in [-0.3, -0.25) is 0 Å². The van der Waals surface area contributed by atoms with Crippen LogP contribution in [0.25, 0.3) is 0 Å². The first-order chi connectivity index (χ1) is 8.49. The summed E-state index contributed by atoms with van der Waals surface area (Å²) in [6.07, 6.45) is 0.997. The molecule has 0 spiro atoms. The third-order valence-corrected chi connectivity index (χ3v) is 3.67. The Balaban J connectivity index is 2.70. The summed E-state index contributed by atoms with van der Waals surface area (Å²) in [4.78, 5) is 3.81. The average Bonchev–Trinajstić information content (AvgIpc) is 2.34. The van der Waals surface area contributed by atoms with Gasteiger partial charge in [-0.05, 0) is 6.07 Å². The highest BCUT2D eigenvalue weighted by atomic mass is 32.2. The lowest BCUT2D eigenvalue weighted by molar-refractivity contribution is 0.0320. The van der Waals surface area contributed by atoms with Crippen molar-refractivity contribution in [2.75, 3.05) is 33.1 Å². The fourth-order valence-electron chi connectivity index (χ4n) is 1.28. The Morgan fingerprint density at radius 1 is 1.50 bits per heavy atom. The molecule has 0 aliphatic carbocycles. The zero-order valence-electron chi connectivity index (χ0n) is 10.3. The maximum Gasteiger partial charge on any atom is 0.240 e. The Bertz CT molecular complexity index is 478. The van der Waals surface area contributed by atoms with Crippen LogP contribution in [0.4, 0.5) is 5.82 Å². The quantitative estimate of drug-likeness (QED) is 0.702. The van der Waals surface area contributed by atoms with E-state index in [0.717, 1.165) is 0 Å². The van der Waals surface area contributed by atoms with E-state index in [9.17, 15) is 8.42 Å². The van der Waals surface area contributed by atoms with E-state index in [1.54, 1.807) is 0 Å². The number of nitrogens with zero attached hydrogens (tertiary/aromatic N) is 1. The van der Waals surface area contributed by atoms with E-state index in [1.807, 2.05) is 0 Å². The summed E-state index contributed by atoms with van der Waals surface area (Å²) < 4.78 is 36.2. The number of hydrogen-bond donors (Lipinski definition) is 2. The van der Waals surface area contributed by atoms with Crippen LogP contribution >= 0.6 is 0 Å². The van der Waals surface area contributed by atoms with Crippen molar-refractivity contribution in [2.24, 2.45) is 0 Å². The predicted octanol–water partition coefficient (Wildman–Crippen LogP) is -0.396. The van der Waals surface area contributed by atoms with Gasteiger partial charge in [-0.2, -0.15) is 0 Å². The molecule has 0 bridgehead atoms. The van der Waals surface area contributed by atoms with Gasteiger partial charge in [0.2, 0.25) is 10.0 Å². The molecule has 1 heterocycles. The SMILES string of the molecule is COCC(CNS(=O)(=O)c1ccnc(N)c1)OC. The minimum absolute atomic E-state index is 0.0715. The van der Waals surface area contributed by atoms with E-state index in [1.165, 1.54) is 32.5 Å². The molecule has 0 aliphatic rings. The molecule has 18 heavy (non-hydrogen) atoms. The largest absolute Gasteiger partial charge is 0.384 e. The zero-order chi connectivity index (χ0) is 13.6. The highest BCUT2D eigenvalue weighted by Crippen LogP contribution is 2.10. The van der Waals surface area contributed by atoms with Gasteiger partial charge in [0, 0.05) is 33.0 Å². The second kappa shape index (κ2) is 6.64. The molecular formula is C10H17N3O4S. The molecule has 0 aliphatic heterocycles. The molecule has 0 fully saturated rings. The van der Waals surface area contributed by atoms with Gasteiger partial charge in [-0.15, -0.1) is 0 Å². The van der Waals surface area contributed by atoms with E-state index in [0.29, 0.717) is 6.61 Å². The van der Waals surface area contributed by atoms with Crippen LogP contribution in [0, 0.1) is 0 Å². The van der Waals surface area contributed by atoms with Crippen molar-refractivity contribution in [1.82, 2.24) is 9.71 Å². The predicted molar refractivity (Wildman–Crippen MR) is 66.5 cm³/mol. The van der Waals surface area contributed by atoms with Crippen molar-refractivity contribution in [3.8, 4) is 0 Å². The molecular weight excluding hydrogens is 258 g/mol. The summed E-state index contributed by atoms with van der Waals surface area (Å²) in [5.74, 6) is 0.151. The molecule has 1 rings (SSSR count). The van der Waals surface area contributed by atoms with Crippen LogP contribution in [-0.2, 0) is 19.5 Å². The molecule has 0 saturated heterocycles. The lowest BCUT2D eigenvalue weighted by Gasteiger charge is -2.15. The van der Waals surface area contributed by atoms with Crippen LogP contribution < -0.4 is 10.5 Å². The van der Waals surface area contributed by atoms with Crippen LogP contribution in [0.5, 0.6) is 0 Å². The van der Waals surface area contributed by atoms with Gasteiger partial charge >= 0.3 is 0 Å². The second-order valence-electron chi connectivity index (χ2n) is 3.58. The lowest BCUT2D eigenvalue weighted by atomic mass is 10.4. The first kappa shape index (κ1) is 14.8.